The smallest absolute Gasteiger partial charge is 0.401 e. The lowest BCUT2D eigenvalue weighted by molar-refractivity contribution is -0.143. The number of hydrogen-bond donors (Lipinski definition) is 0. The minimum Gasteiger partial charge on any atom is -0.461 e. The molecule has 0 bridgehead atoms. The summed E-state index contributed by atoms with van der Waals surface area (Å²) >= 11 is 0. The van der Waals surface area contributed by atoms with Gasteiger partial charge >= 0.3 is 12.1 Å². The Balaban J connectivity index is 2.57. The molecule has 1 aromatic heterocycles. The molecule has 8 heteroatoms. The summed E-state index contributed by atoms with van der Waals surface area (Å²) in [6.45, 7) is 5.24. The van der Waals surface area contributed by atoms with E-state index in [1.807, 2.05) is 20.8 Å². The Hall–Kier alpha value is -1.57. The lowest BCUT2D eigenvalue weighted by Gasteiger charge is -2.18. The average Bonchev–Trinajstić information content (AvgIpc) is 2.80. The van der Waals surface area contributed by atoms with Crippen molar-refractivity contribution < 1.29 is 22.7 Å². The number of carbonyl (C=O) groups excluding carboxylic acids is 1. The van der Waals surface area contributed by atoms with Crippen LogP contribution in [0.15, 0.2) is 6.20 Å². The van der Waals surface area contributed by atoms with Crippen LogP contribution in [0.1, 0.15) is 42.7 Å². The van der Waals surface area contributed by atoms with Gasteiger partial charge in [-0.05, 0) is 19.9 Å². The van der Waals surface area contributed by atoms with Gasteiger partial charge in [-0.3, -0.25) is 9.58 Å². The van der Waals surface area contributed by atoms with E-state index in [2.05, 4.69) is 5.10 Å². The maximum Gasteiger partial charge on any atom is 0.401 e. The summed E-state index contributed by atoms with van der Waals surface area (Å²) in [4.78, 5) is 13.1. The van der Waals surface area contributed by atoms with E-state index in [-0.39, 0.29) is 19.1 Å². The van der Waals surface area contributed by atoms with Crippen molar-refractivity contribution in [1.29, 1.82) is 0 Å². The van der Waals surface area contributed by atoms with E-state index in [0.29, 0.717) is 17.8 Å². The summed E-state index contributed by atoms with van der Waals surface area (Å²) in [7, 11) is 1.33. The number of alkyl halides is 3. The molecule has 0 saturated carbocycles. The molecule has 0 aliphatic carbocycles. The number of ether oxygens (including phenoxy) is 1. The fourth-order valence-electron chi connectivity index (χ4n) is 1.94. The second kappa shape index (κ2) is 7.62. The van der Waals surface area contributed by atoms with E-state index < -0.39 is 18.7 Å². The molecular formula is C14H22F3N3O2. The summed E-state index contributed by atoms with van der Waals surface area (Å²) in [5.41, 5.74) is 1.01. The highest BCUT2D eigenvalue weighted by atomic mass is 19.4. The summed E-state index contributed by atoms with van der Waals surface area (Å²) in [5, 5.41) is 4.30. The molecule has 0 aliphatic heterocycles. The zero-order valence-corrected chi connectivity index (χ0v) is 13.3. The third kappa shape index (κ3) is 5.67. The molecule has 0 radical (unpaired) electrons. The summed E-state index contributed by atoms with van der Waals surface area (Å²) in [6.07, 6.45) is -2.65. The third-order valence-electron chi connectivity index (χ3n) is 3.04. The van der Waals surface area contributed by atoms with Crippen molar-refractivity contribution >= 4 is 5.97 Å². The topological polar surface area (TPSA) is 47.4 Å². The first kappa shape index (κ1) is 18.5. The summed E-state index contributed by atoms with van der Waals surface area (Å²) < 4.78 is 43.2. The highest BCUT2D eigenvalue weighted by molar-refractivity contribution is 5.90. The van der Waals surface area contributed by atoms with Crippen molar-refractivity contribution in [1.82, 2.24) is 14.7 Å². The van der Waals surface area contributed by atoms with Crippen molar-refractivity contribution in [2.75, 3.05) is 26.7 Å². The predicted molar refractivity (Wildman–Crippen MR) is 75.8 cm³/mol. The Morgan fingerprint density at radius 3 is 2.59 bits per heavy atom. The second-order valence-corrected chi connectivity index (χ2v) is 5.43. The number of aryl methyl sites for hydroxylation is 1. The molecule has 0 amide bonds. The van der Waals surface area contributed by atoms with E-state index >= 15 is 0 Å². The fraction of sp³-hybridized carbons (Fsp3) is 0.714. The minimum atomic E-state index is -4.26. The van der Waals surface area contributed by atoms with Crippen molar-refractivity contribution in [3.05, 3.63) is 17.5 Å². The molecule has 0 aromatic carbocycles. The maximum atomic E-state index is 12.2. The molecular weight excluding hydrogens is 299 g/mol. The highest BCUT2D eigenvalue weighted by Crippen LogP contribution is 2.19. The summed E-state index contributed by atoms with van der Waals surface area (Å²) in [6, 6.07) is 0. The molecule has 0 aliphatic rings. The van der Waals surface area contributed by atoms with Gasteiger partial charge in [-0.2, -0.15) is 18.3 Å². The number of halogens is 3. The van der Waals surface area contributed by atoms with E-state index in [1.54, 1.807) is 10.9 Å². The van der Waals surface area contributed by atoms with Crippen LogP contribution in [0.25, 0.3) is 0 Å². The first-order valence-corrected chi connectivity index (χ1v) is 7.13. The van der Waals surface area contributed by atoms with Crippen LogP contribution in [0, 0.1) is 0 Å². The Morgan fingerprint density at radius 2 is 2.09 bits per heavy atom. The first-order valence-electron chi connectivity index (χ1n) is 7.13. The van der Waals surface area contributed by atoms with Gasteiger partial charge in [0.05, 0.1) is 12.2 Å². The average molecular weight is 321 g/mol. The quantitative estimate of drug-likeness (QED) is 0.725. The molecule has 0 spiro atoms. The number of aromatic nitrogens is 2. The van der Waals surface area contributed by atoms with E-state index in [9.17, 15) is 18.0 Å². The number of hydrogen-bond acceptors (Lipinski definition) is 4. The molecule has 0 saturated heterocycles. The van der Waals surface area contributed by atoms with Crippen molar-refractivity contribution in [3.8, 4) is 0 Å². The largest absolute Gasteiger partial charge is 0.461 e. The molecule has 126 valence electrons. The van der Waals surface area contributed by atoms with Crippen LogP contribution in [-0.2, 0) is 11.3 Å². The Morgan fingerprint density at radius 1 is 1.45 bits per heavy atom. The fourth-order valence-corrected chi connectivity index (χ4v) is 1.94. The van der Waals surface area contributed by atoms with Gasteiger partial charge < -0.3 is 4.74 Å². The highest BCUT2D eigenvalue weighted by Gasteiger charge is 2.29. The Kier molecular flexibility index (Phi) is 6.40. The molecule has 1 heterocycles. The molecule has 5 nitrogen and oxygen atoms in total. The Labute approximate surface area is 128 Å². The van der Waals surface area contributed by atoms with Gasteiger partial charge in [0.15, 0.2) is 0 Å². The standard InChI is InChI=1S/C14H22F3N3O2/c1-5-20-8-11(12(18-20)10(2)3)13(21)22-7-6-19(4)9-14(15,16)17/h8,10H,5-7,9H2,1-4H3. The van der Waals surface area contributed by atoms with Crippen LogP contribution in [0.4, 0.5) is 13.2 Å². The van der Waals surface area contributed by atoms with Crippen molar-refractivity contribution in [3.63, 3.8) is 0 Å². The van der Waals surface area contributed by atoms with Gasteiger partial charge in [0.1, 0.15) is 12.2 Å². The van der Waals surface area contributed by atoms with Crippen LogP contribution >= 0.6 is 0 Å². The second-order valence-electron chi connectivity index (χ2n) is 5.43. The van der Waals surface area contributed by atoms with E-state index in [1.165, 1.54) is 7.05 Å². The maximum absolute atomic E-state index is 12.2. The van der Waals surface area contributed by atoms with Gasteiger partial charge in [0, 0.05) is 19.3 Å². The minimum absolute atomic E-state index is 0.0180. The lowest BCUT2D eigenvalue weighted by atomic mass is 10.1. The summed E-state index contributed by atoms with van der Waals surface area (Å²) in [5.74, 6) is -0.493. The van der Waals surface area contributed by atoms with Crippen LogP contribution in [-0.4, -0.2) is 53.6 Å². The van der Waals surface area contributed by atoms with Gasteiger partial charge in [-0.1, -0.05) is 13.8 Å². The van der Waals surface area contributed by atoms with Crippen molar-refractivity contribution in [2.45, 2.75) is 39.4 Å². The van der Waals surface area contributed by atoms with Gasteiger partial charge in [-0.25, -0.2) is 4.79 Å². The van der Waals surface area contributed by atoms with E-state index in [0.717, 1.165) is 4.90 Å². The van der Waals surface area contributed by atoms with Gasteiger partial charge in [-0.15, -0.1) is 0 Å². The zero-order chi connectivity index (χ0) is 16.9. The van der Waals surface area contributed by atoms with Crippen molar-refractivity contribution in [2.24, 2.45) is 0 Å². The van der Waals surface area contributed by atoms with E-state index in [4.69, 9.17) is 4.74 Å². The van der Waals surface area contributed by atoms with Gasteiger partial charge in [0.25, 0.3) is 0 Å². The molecule has 1 aromatic rings. The van der Waals surface area contributed by atoms with Crippen LogP contribution < -0.4 is 0 Å². The van der Waals surface area contributed by atoms with Crippen LogP contribution in [0.2, 0.25) is 0 Å². The lowest BCUT2D eigenvalue weighted by Crippen LogP contribution is -2.33. The third-order valence-corrected chi connectivity index (χ3v) is 3.04. The van der Waals surface area contributed by atoms with Crippen LogP contribution in [0.3, 0.4) is 0 Å². The zero-order valence-electron chi connectivity index (χ0n) is 13.3. The number of esters is 1. The Bertz CT molecular complexity index is 498. The number of carbonyl (C=O) groups is 1. The number of nitrogens with zero attached hydrogens (tertiary/aromatic N) is 3. The number of rotatable bonds is 7. The van der Waals surface area contributed by atoms with Crippen LogP contribution in [0.5, 0.6) is 0 Å². The molecule has 0 unspecified atom stereocenters. The molecule has 0 atom stereocenters. The monoisotopic (exact) mass is 321 g/mol. The SMILES string of the molecule is CCn1cc(C(=O)OCCN(C)CC(F)(F)F)c(C(C)C)n1. The molecule has 22 heavy (non-hydrogen) atoms. The predicted octanol–water partition coefficient (Wildman–Crippen LogP) is 2.68. The van der Waals surface area contributed by atoms with Gasteiger partial charge in [0.2, 0.25) is 0 Å². The molecule has 1 rings (SSSR count). The normalized spacial score (nSPS) is 12.2. The first-order chi connectivity index (χ1) is 10.1. The molecule has 0 N–H and O–H groups in total. The number of likely N-dealkylation sites (N-methyl/N-ethyl adjacent to an activating group) is 1. The molecule has 0 fully saturated rings.